The molecule has 2 nitrogen and oxygen atoms in total. The lowest BCUT2D eigenvalue weighted by atomic mass is 9.93. The molecule has 0 amide bonds. The van der Waals surface area contributed by atoms with Crippen LogP contribution in [0.2, 0.25) is 0 Å². The highest BCUT2D eigenvalue weighted by Gasteiger charge is 2.23. The summed E-state index contributed by atoms with van der Waals surface area (Å²) >= 11 is 0. The molecule has 0 bridgehead atoms. The molecule has 0 aliphatic heterocycles. The fraction of sp³-hybridized carbons (Fsp3) is 0.217. The van der Waals surface area contributed by atoms with Crippen LogP contribution in [0.4, 0.5) is 0 Å². The molecule has 0 spiro atoms. The third-order valence-electron chi connectivity index (χ3n) is 4.94. The molecular formula is C23H22NO+. The zero-order valence-electron chi connectivity index (χ0n) is 14.3. The van der Waals surface area contributed by atoms with Crippen molar-refractivity contribution in [3.05, 3.63) is 84.2 Å². The SMILES string of the molecule is O=C(C[n+]1ccc2ccccc2c1C1=CCCCC1)c1ccccc1. The van der Waals surface area contributed by atoms with Gasteiger partial charge in [-0.25, -0.2) is 0 Å². The fourth-order valence-corrected chi connectivity index (χ4v) is 3.67. The second kappa shape index (κ2) is 7.02. The molecule has 2 heteroatoms. The van der Waals surface area contributed by atoms with E-state index in [1.165, 1.54) is 34.9 Å². The van der Waals surface area contributed by atoms with Gasteiger partial charge in [0.25, 0.3) is 0 Å². The van der Waals surface area contributed by atoms with E-state index in [4.69, 9.17) is 0 Å². The third-order valence-corrected chi connectivity index (χ3v) is 4.94. The van der Waals surface area contributed by atoms with Gasteiger partial charge in [0.15, 0.2) is 6.20 Å². The summed E-state index contributed by atoms with van der Waals surface area (Å²) in [7, 11) is 0. The maximum Gasteiger partial charge on any atom is 0.227 e. The zero-order valence-corrected chi connectivity index (χ0v) is 14.3. The summed E-state index contributed by atoms with van der Waals surface area (Å²) in [5.74, 6) is 0.151. The summed E-state index contributed by atoms with van der Waals surface area (Å²) in [5.41, 5.74) is 3.36. The Morgan fingerprint density at radius 2 is 1.72 bits per heavy atom. The molecule has 1 aliphatic carbocycles. The molecule has 1 aliphatic rings. The second-order valence-corrected chi connectivity index (χ2v) is 6.64. The Morgan fingerprint density at radius 3 is 2.52 bits per heavy atom. The summed E-state index contributed by atoms with van der Waals surface area (Å²) in [6, 6.07) is 20.1. The lowest BCUT2D eigenvalue weighted by Gasteiger charge is -2.14. The number of hydrogen-bond acceptors (Lipinski definition) is 1. The first-order valence-corrected chi connectivity index (χ1v) is 9.02. The number of Topliss-reactive ketones (excluding diaryl/α,β-unsaturated/α-hetero) is 1. The number of nitrogens with zero attached hydrogens (tertiary/aromatic N) is 1. The van der Waals surface area contributed by atoms with Gasteiger partial charge >= 0.3 is 0 Å². The Kier molecular flexibility index (Phi) is 4.43. The Labute approximate surface area is 148 Å². The van der Waals surface area contributed by atoms with Gasteiger partial charge in [-0.05, 0) is 37.1 Å². The Hall–Kier alpha value is -2.74. The normalized spacial score (nSPS) is 14.3. The maximum absolute atomic E-state index is 12.7. The van der Waals surface area contributed by atoms with Crippen molar-refractivity contribution in [1.29, 1.82) is 0 Å². The van der Waals surface area contributed by atoms with Crippen LogP contribution >= 0.6 is 0 Å². The molecule has 25 heavy (non-hydrogen) atoms. The minimum Gasteiger partial charge on any atom is -0.287 e. The average molecular weight is 328 g/mol. The van der Waals surface area contributed by atoms with Gasteiger partial charge in [-0.2, -0.15) is 4.57 Å². The van der Waals surface area contributed by atoms with Gasteiger partial charge in [0.1, 0.15) is 0 Å². The number of allylic oxidation sites excluding steroid dienone is 2. The molecule has 2 aromatic carbocycles. The zero-order chi connectivity index (χ0) is 17.1. The largest absolute Gasteiger partial charge is 0.287 e. The number of fused-ring (bicyclic) bond motifs is 1. The number of rotatable bonds is 4. The van der Waals surface area contributed by atoms with E-state index in [0.717, 1.165) is 18.4 Å². The van der Waals surface area contributed by atoms with E-state index in [9.17, 15) is 4.79 Å². The molecule has 1 aromatic heterocycles. The van der Waals surface area contributed by atoms with Crippen LogP contribution in [-0.4, -0.2) is 5.78 Å². The predicted octanol–water partition coefficient (Wildman–Crippen LogP) is 4.97. The second-order valence-electron chi connectivity index (χ2n) is 6.64. The lowest BCUT2D eigenvalue weighted by molar-refractivity contribution is -0.684. The van der Waals surface area contributed by atoms with Crippen LogP contribution in [0.1, 0.15) is 41.7 Å². The molecule has 0 unspecified atom stereocenters. The molecule has 0 fully saturated rings. The highest BCUT2D eigenvalue weighted by Crippen LogP contribution is 2.29. The molecule has 0 atom stereocenters. The van der Waals surface area contributed by atoms with E-state index >= 15 is 0 Å². The van der Waals surface area contributed by atoms with Crippen molar-refractivity contribution in [2.45, 2.75) is 32.2 Å². The monoisotopic (exact) mass is 328 g/mol. The first kappa shape index (κ1) is 15.8. The smallest absolute Gasteiger partial charge is 0.227 e. The first-order chi connectivity index (χ1) is 12.3. The minimum absolute atomic E-state index is 0.151. The molecule has 0 radical (unpaired) electrons. The van der Waals surface area contributed by atoms with Crippen LogP contribution < -0.4 is 4.57 Å². The molecule has 0 saturated heterocycles. The number of ketones is 1. The van der Waals surface area contributed by atoms with Crippen molar-refractivity contribution in [3.8, 4) is 0 Å². The summed E-state index contributed by atoms with van der Waals surface area (Å²) in [5, 5.41) is 2.46. The van der Waals surface area contributed by atoms with Gasteiger partial charge in [-0.1, -0.05) is 54.6 Å². The van der Waals surface area contributed by atoms with E-state index in [1.54, 1.807) is 0 Å². The lowest BCUT2D eigenvalue weighted by Crippen LogP contribution is -2.41. The van der Waals surface area contributed by atoms with Crippen molar-refractivity contribution < 1.29 is 9.36 Å². The van der Waals surface area contributed by atoms with Crippen molar-refractivity contribution in [3.63, 3.8) is 0 Å². The Balaban J connectivity index is 1.80. The van der Waals surface area contributed by atoms with Gasteiger partial charge in [0.05, 0.1) is 5.39 Å². The quantitative estimate of drug-likeness (QED) is 0.489. The molecule has 124 valence electrons. The van der Waals surface area contributed by atoms with E-state index in [0.29, 0.717) is 6.54 Å². The predicted molar refractivity (Wildman–Crippen MR) is 101 cm³/mol. The summed E-state index contributed by atoms with van der Waals surface area (Å²) < 4.78 is 2.13. The molecule has 3 aromatic rings. The number of aromatic nitrogens is 1. The van der Waals surface area contributed by atoms with E-state index in [-0.39, 0.29) is 5.78 Å². The first-order valence-electron chi connectivity index (χ1n) is 9.02. The maximum atomic E-state index is 12.7. The molecule has 4 rings (SSSR count). The number of carbonyl (C=O) groups is 1. The number of carbonyl (C=O) groups excluding carboxylic acids is 1. The number of benzene rings is 2. The summed E-state index contributed by atoms with van der Waals surface area (Å²) in [6.07, 6.45) is 9.13. The van der Waals surface area contributed by atoms with Crippen LogP contribution in [-0.2, 0) is 6.54 Å². The minimum atomic E-state index is 0.151. The van der Waals surface area contributed by atoms with Gasteiger partial charge in [0.2, 0.25) is 18.0 Å². The highest BCUT2D eigenvalue weighted by molar-refractivity contribution is 5.95. The Bertz CT molecular complexity index is 941. The van der Waals surface area contributed by atoms with E-state index in [2.05, 4.69) is 47.2 Å². The molecule has 1 heterocycles. The van der Waals surface area contributed by atoms with Crippen LogP contribution in [0, 0.1) is 0 Å². The van der Waals surface area contributed by atoms with Gasteiger partial charge < -0.3 is 0 Å². The number of pyridine rings is 1. The number of hydrogen-bond donors (Lipinski definition) is 0. The van der Waals surface area contributed by atoms with Crippen LogP contribution in [0.15, 0.2) is 72.9 Å². The van der Waals surface area contributed by atoms with Gasteiger partial charge in [0, 0.05) is 17.2 Å². The fourth-order valence-electron chi connectivity index (χ4n) is 3.67. The molecule has 0 N–H and O–H groups in total. The van der Waals surface area contributed by atoms with Crippen molar-refractivity contribution in [2.75, 3.05) is 0 Å². The van der Waals surface area contributed by atoms with Gasteiger partial charge in [-0.15, -0.1) is 0 Å². The average Bonchev–Trinajstić information content (AvgIpc) is 2.69. The van der Waals surface area contributed by atoms with Gasteiger partial charge in [-0.3, -0.25) is 4.79 Å². The summed E-state index contributed by atoms with van der Waals surface area (Å²) in [4.78, 5) is 12.7. The third kappa shape index (κ3) is 3.25. The van der Waals surface area contributed by atoms with Crippen molar-refractivity contribution in [2.24, 2.45) is 0 Å². The Morgan fingerprint density at radius 1 is 0.920 bits per heavy atom. The standard InChI is InChI=1S/C23H22NO/c25-22(19-10-3-1-4-11-19)17-24-16-15-18-9-7-8-14-21(18)23(24)20-12-5-2-6-13-20/h1,3-4,7-12,14-16H,2,5-6,13,17H2/q+1. The summed E-state index contributed by atoms with van der Waals surface area (Å²) in [6.45, 7) is 0.377. The molecule has 0 saturated carbocycles. The highest BCUT2D eigenvalue weighted by atomic mass is 16.1. The van der Waals surface area contributed by atoms with Crippen molar-refractivity contribution >= 4 is 22.1 Å². The topological polar surface area (TPSA) is 20.9 Å². The van der Waals surface area contributed by atoms with Crippen LogP contribution in [0.5, 0.6) is 0 Å². The molecular weight excluding hydrogens is 306 g/mol. The van der Waals surface area contributed by atoms with E-state index < -0.39 is 0 Å². The van der Waals surface area contributed by atoms with Crippen LogP contribution in [0.3, 0.4) is 0 Å². The van der Waals surface area contributed by atoms with E-state index in [1.807, 2.05) is 30.3 Å². The van der Waals surface area contributed by atoms with Crippen molar-refractivity contribution in [1.82, 2.24) is 0 Å². The van der Waals surface area contributed by atoms with Crippen LogP contribution in [0.25, 0.3) is 16.3 Å².